The van der Waals surface area contributed by atoms with Crippen molar-refractivity contribution in [2.45, 2.75) is 37.9 Å². The Kier molecular flexibility index (Phi) is 4.27. The number of nitriles is 1. The number of nitrogens with one attached hydrogen (secondary N) is 1. The third-order valence-electron chi connectivity index (χ3n) is 5.43. The summed E-state index contributed by atoms with van der Waals surface area (Å²) in [4.78, 5) is 12.0. The minimum absolute atomic E-state index is 0.227. The Morgan fingerprint density at radius 2 is 2.25 bits per heavy atom. The number of aromatic nitrogens is 2. The van der Waals surface area contributed by atoms with Gasteiger partial charge in [0.2, 0.25) is 0 Å². The molecule has 0 spiro atoms. The van der Waals surface area contributed by atoms with E-state index in [1.54, 1.807) is 23.6 Å². The molecule has 2 heterocycles. The molecule has 1 aromatic carbocycles. The Balaban J connectivity index is 1.84. The van der Waals surface area contributed by atoms with Crippen LogP contribution < -0.4 is 11.1 Å². The monoisotopic (exact) mass is 377 g/mol. The van der Waals surface area contributed by atoms with Gasteiger partial charge in [-0.2, -0.15) is 10.4 Å². The number of fused-ring (bicyclic) bond motifs is 1. The number of hydrogen-bond acceptors (Lipinski definition) is 4. The lowest BCUT2D eigenvalue weighted by Gasteiger charge is -2.26. The van der Waals surface area contributed by atoms with Crippen LogP contribution in [0.15, 0.2) is 42.7 Å². The number of halogens is 1. The van der Waals surface area contributed by atoms with Crippen LogP contribution in [0, 0.1) is 11.3 Å². The highest BCUT2D eigenvalue weighted by molar-refractivity contribution is 6.02. The molecule has 3 aromatic rings. The number of alkyl halides is 1. The van der Waals surface area contributed by atoms with Crippen molar-refractivity contribution in [3.63, 3.8) is 0 Å². The van der Waals surface area contributed by atoms with Gasteiger partial charge in [-0.05, 0) is 49.9 Å². The van der Waals surface area contributed by atoms with Gasteiger partial charge >= 0.3 is 0 Å². The molecular formula is C21H20FN5O. The van der Waals surface area contributed by atoms with Gasteiger partial charge in [0.05, 0.1) is 40.6 Å². The van der Waals surface area contributed by atoms with E-state index in [-0.39, 0.29) is 5.56 Å². The Hall–Kier alpha value is -3.40. The van der Waals surface area contributed by atoms with Gasteiger partial charge in [-0.25, -0.2) is 8.91 Å². The first-order valence-corrected chi connectivity index (χ1v) is 9.16. The molecule has 1 saturated carbocycles. The van der Waals surface area contributed by atoms with Gasteiger partial charge in [-0.1, -0.05) is 12.1 Å². The second-order valence-electron chi connectivity index (χ2n) is 7.42. The molecule has 2 aromatic heterocycles. The van der Waals surface area contributed by atoms with Gasteiger partial charge in [-0.3, -0.25) is 4.79 Å². The number of hydrogen-bond donors (Lipinski definition) is 2. The molecule has 0 radical (unpaired) electrons. The molecular weight excluding hydrogens is 357 g/mol. The summed E-state index contributed by atoms with van der Waals surface area (Å²) in [7, 11) is 0. The van der Waals surface area contributed by atoms with Crippen LogP contribution in [0.2, 0.25) is 0 Å². The van der Waals surface area contributed by atoms with Crippen LogP contribution in [-0.4, -0.2) is 27.2 Å². The van der Waals surface area contributed by atoms with E-state index in [1.165, 1.54) is 6.20 Å². The SMILES string of the molecule is C[C@]1(F)CCC[C@H]1Nc1c(C(N)=O)cnn2cc(-c3cccc(C#N)c3)cc12. The van der Waals surface area contributed by atoms with Crippen LogP contribution in [0.4, 0.5) is 10.1 Å². The van der Waals surface area contributed by atoms with Crippen molar-refractivity contribution < 1.29 is 9.18 Å². The minimum atomic E-state index is -1.36. The minimum Gasteiger partial charge on any atom is -0.377 e. The number of nitrogens with two attached hydrogens (primary N) is 1. The maximum absolute atomic E-state index is 14.8. The van der Waals surface area contributed by atoms with Crippen molar-refractivity contribution in [2.24, 2.45) is 5.73 Å². The molecule has 0 unspecified atom stereocenters. The molecule has 7 heteroatoms. The molecule has 3 N–H and O–H groups in total. The standard InChI is InChI=1S/C21H20FN5O/c1-21(22)7-3-6-18(21)26-19-16(20(24)28)11-25-27-12-15(9-17(19)27)14-5-2-4-13(8-14)10-23/h2,4-5,8-9,11-12,18,26H,3,6-7H2,1H3,(H2,24,28)/t18-,21+/m1/s1. The van der Waals surface area contributed by atoms with Gasteiger partial charge in [-0.15, -0.1) is 0 Å². The molecule has 1 aliphatic rings. The molecule has 0 aliphatic heterocycles. The summed E-state index contributed by atoms with van der Waals surface area (Å²) >= 11 is 0. The number of carbonyl (C=O) groups excluding carboxylic acids is 1. The molecule has 0 saturated heterocycles. The van der Waals surface area contributed by atoms with E-state index in [9.17, 15) is 9.18 Å². The molecule has 1 aliphatic carbocycles. The van der Waals surface area contributed by atoms with Crippen molar-refractivity contribution >= 4 is 17.1 Å². The summed E-state index contributed by atoms with van der Waals surface area (Å²) in [5, 5.41) is 16.6. The number of carbonyl (C=O) groups is 1. The van der Waals surface area contributed by atoms with E-state index in [0.717, 1.165) is 17.5 Å². The summed E-state index contributed by atoms with van der Waals surface area (Å²) in [6.07, 6.45) is 5.15. The first kappa shape index (κ1) is 18.0. The highest BCUT2D eigenvalue weighted by Crippen LogP contribution is 2.37. The van der Waals surface area contributed by atoms with Crippen LogP contribution in [0.3, 0.4) is 0 Å². The zero-order valence-corrected chi connectivity index (χ0v) is 15.4. The number of anilines is 1. The Morgan fingerprint density at radius 3 is 2.93 bits per heavy atom. The average Bonchev–Trinajstić information content (AvgIpc) is 3.25. The fraction of sp³-hybridized carbons (Fsp3) is 0.286. The summed E-state index contributed by atoms with van der Waals surface area (Å²) < 4.78 is 16.4. The fourth-order valence-electron chi connectivity index (χ4n) is 3.85. The van der Waals surface area contributed by atoms with Crippen LogP contribution >= 0.6 is 0 Å². The van der Waals surface area contributed by atoms with Crippen molar-refractivity contribution in [3.8, 4) is 17.2 Å². The topological polar surface area (TPSA) is 96.2 Å². The average molecular weight is 377 g/mol. The van der Waals surface area contributed by atoms with Crippen LogP contribution in [-0.2, 0) is 0 Å². The van der Waals surface area contributed by atoms with E-state index < -0.39 is 17.6 Å². The van der Waals surface area contributed by atoms with Crippen molar-refractivity contribution in [2.75, 3.05) is 5.32 Å². The van der Waals surface area contributed by atoms with E-state index in [1.807, 2.05) is 24.4 Å². The quantitative estimate of drug-likeness (QED) is 0.725. The summed E-state index contributed by atoms with van der Waals surface area (Å²) in [6.45, 7) is 1.58. The van der Waals surface area contributed by atoms with E-state index >= 15 is 0 Å². The van der Waals surface area contributed by atoms with Crippen molar-refractivity contribution in [1.82, 2.24) is 9.61 Å². The summed E-state index contributed by atoms with van der Waals surface area (Å²) in [5.74, 6) is -0.620. The second-order valence-corrected chi connectivity index (χ2v) is 7.42. The number of nitrogens with zero attached hydrogens (tertiary/aromatic N) is 3. The van der Waals surface area contributed by atoms with E-state index in [2.05, 4.69) is 16.5 Å². The van der Waals surface area contributed by atoms with Gasteiger partial charge in [0.25, 0.3) is 5.91 Å². The van der Waals surface area contributed by atoms with Crippen LogP contribution in [0.25, 0.3) is 16.6 Å². The van der Waals surface area contributed by atoms with Crippen LogP contribution in [0.5, 0.6) is 0 Å². The Morgan fingerprint density at radius 1 is 1.43 bits per heavy atom. The molecule has 1 fully saturated rings. The maximum atomic E-state index is 14.8. The predicted octanol–water partition coefficient (Wildman–Crippen LogP) is 3.66. The predicted molar refractivity (Wildman–Crippen MR) is 105 cm³/mol. The highest BCUT2D eigenvalue weighted by Gasteiger charge is 2.39. The maximum Gasteiger partial charge on any atom is 0.252 e. The molecule has 6 nitrogen and oxygen atoms in total. The number of amides is 1. The molecule has 2 atom stereocenters. The summed E-state index contributed by atoms with van der Waals surface area (Å²) in [6, 6.07) is 10.8. The molecule has 28 heavy (non-hydrogen) atoms. The van der Waals surface area contributed by atoms with Crippen molar-refractivity contribution in [1.29, 1.82) is 5.26 Å². The third-order valence-corrected chi connectivity index (χ3v) is 5.43. The second kappa shape index (κ2) is 6.64. The first-order valence-electron chi connectivity index (χ1n) is 9.16. The first-order chi connectivity index (χ1) is 13.4. The molecule has 1 amide bonds. The van der Waals surface area contributed by atoms with Crippen molar-refractivity contribution in [3.05, 3.63) is 53.9 Å². The normalized spacial score (nSPS) is 21.5. The lowest BCUT2D eigenvalue weighted by molar-refractivity contribution is 0.1000. The zero-order valence-electron chi connectivity index (χ0n) is 15.4. The lowest BCUT2D eigenvalue weighted by atomic mass is 10.0. The molecule has 142 valence electrons. The Bertz CT molecular complexity index is 1110. The number of benzene rings is 1. The zero-order chi connectivity index (χ0) is 19.9. The number of rotatable bonds is 4. The van der Waals surface area contributed by atoms with Gasteiger partial charge in [0, 0.05) is 11.8 Å². The fourth-order valence-corrected chi connectivity index (χ4v) is 3.85. The van der Waals surface area contributed by atoms with E-state index in [4.69, 9.17) is 11.0 Å². The molecule has 4 rings (SSSR count). The Labute approximate surface area is 161 Å². The molecule has 0 bridgehead atoms. The smallest absolute Gasteiger partial charge is 0.252 e. The number of primary amides is 1. The van der Waals surface area contributed by atoms with Crippen LogP contribution in [0.1, 0.15) is 42.1 Å². The third kappa shape index (κ3) is 3.07. The summed E-state index contributed by atoms with van der Waals surface area (Å²) in [5.41, 5.74) is 7.78. The van der Waals surface area contributed by atoms with Gasteiger partial charge < -0.3 is 11.1 Å². The largest absolute Gasteiger partial charge is 0.377 e. The lowest BCUT2D eigenvalue weighted by Crippen LogP contribution is -2.36. The van der Waals surface area contributed by atoms with E-state index in [0.29, 0.717) is 29.6 Å². The van der Waals surface area contributed by atoms with Gasteiger partial charge in [0.15, 0.2) is 0 Å². The highest BCUT2D eigenvalue weighted by atomic mass is 19.1. The van der Waals surface area contributed by atoms with Gasteiger partial charge in [0.1, 0.15) is 5.67 Å².